The van der Waals surface area contributed by atoms with E-state index in [4.69, 9.17) is 33.2 Å². The lowest BCUT2D eigenvalue weighted by molar-refractivity contribution is 0.477. The number of hydrogen-bond acceptors (Lipinski definition) is 2. The molecule has 2 aromatic carbocycles. The molecule has 0 heterocycles. The van der Waals surface area contributed by atoms with E-state index < -0.39 is 0 Å². The molecule has 0 spiro atoms. The molecule has 0 saturated heterocycles. The topological polar surface area (TPSA) is 33.0 Å². The summed E-state index contributed by atoms with van der Waals surface area (Å²) in [5, 5.41) is 9.56. The Morgan fingerprint density at radius 1 is 1.11 bits per heavy atom. The van der Waals surface area contributed by atoms with Crippen LogP contribution < -0.4 is 4.74 Å². The highest BCUT2D eigenvalue weighted by atomic mass is 35.5. The third-order valence-electron chi connectivity index (χ3n) is 2.40. The first-order chi connectivity index (χ1) is 8.74. The van der Waals surface area contributed by atoms with E-state index in [1.807, 2.05) is 0 Å². The smallest absolute Gasteiger partial charge is 0.145 e. The summed E-state index contributed by atoms with van der Waals surface area (Å²) in [5.41, 5.74) is 1.30. The number of ether oxygens (including phenoxy) is 1. The Labute approximate surface area is 115 Å². The summed E-state index contributed by atoms with van der Waals surface area (Å²) in [6.07, 6.45) is 0. The second kappa shape index (κ2) is 5.77. The number of nitriles is 1. The number of para-hydroxylation sites is 1. The number of alkyl halides is 1. The van der Waals surface area contributed by atoms with Crippen molar-refractivity contribution in [1.29, 1.82) is 5.26 Å². The average molecular weight is 278 g/mol. The van der Waals surface area contributed by atoms with Gasteiger partial charge in [-0.05, 0) is 24.3 Å². The van der Waals surface area contributed by atoms with Crippen molar-refractivity contribution in [3.8, 4) is 17.6 Å². The summed E-state index contributed by atoms with van der Waals surface area (Å²) in [7, 11) is 0. The summed E-state index contributed by atoms with van der Waals surface area (Å²) < 4.78 is 5.71. The maximum Gasteiger partial charge on any atom is 0.145 e. The third-order valence-corrected chi connectivity index (χ3v) is 2.92. The summed E-state index contributed by atoms with van der Waals surface area (Å²) in [6.45, 7) is 0. The molecule has 2 rings (SSSR count). The zero-order chi connectivity index (χ0) is 13.0. The second-order valence-corrected chi connectivity index (χ2v) is 4.30. The van der Waals surface area contributed by atoms with Crippen LogP contribution in [0.25, 0.3) is 0 Å². The van der Waals surface area contributed by atoms with Gasteiger partial charge in [-0.3, -0.25) is 0 Å². The van der Waals surface area contributed by atoms with Gasteiger partial charge in [0.2, 0.25) is 0 Å². The van der Waals surface area contributed by atoms with Crippen molar-refractivity contribution >= 4 is 23.2 Å². The molecule has 0 aliphatic heterocycles. The summed E-state index contributed by atoms with van der Waals surface area (Å²) in [6, 6.07) is 14.3. The molecule has 0 radical (unpaired) electrons. The van der Waals surface area contributed by atoms with E-state index in [0.717, 1.165) is 5.56 Å². The second-order valence-electron chi connectivity index (χ2n) is 3.60. The van der Waals surface area contributed by atoms with Crippen LogP contribution in [0.3, 0.4) is 0 Å². The quantitative estimate of drug-likeness (QED) is 0.759. The van der Waals surface area contributed by atoms with Crippen LogP contribution >= 0.6 is 23.2 Å². The molecule has 2 nitrogen and oxygen atoms in total. The Kier molecular flexibility index (Phi) is 4.09. The number of halogens is 2. The van der Waals surface area contributed by atoms with Gasteiger partial charge in [-0.25, -0.2) is 0 Å². The van der Waals surface area contributed by atoms with Crippen LogP contribution in [-0.2, 0) is 5.88 Å². The molecule has 0 saturated carbocycles. The van der Waals surface area contributed by atoms with Crippen LogP contribution in [-0.4, -0.2) is 0 Å². The largest absolute Gasteiger partial charge is 0.456 e. The zero-order valence-electron chi connectivity index (χ0n) is 9.36. The Hall–Kier alpha value is -1.69. The number of rotatable bonds is 3. The van der Waals surface area contributed by atoms with Crippen LogP contribution in [0.1, 0.15) is 11.1 Å². The predicted molar refractivity (Wildman–Crippen MR) is 72.2 cm³/mol. The van der Waals surface area contributed by atoms with Crippen LogP contribution in [0.4, 0.5) is 0 Å². The Morgan fingerprint density at radius 3 is 2.61 bits per heavy atom. The Bertz CT molecular complexity index is 605. The lowest BCUT2D eigenvalue weighted by Gasteiger charge is -2.10. The standard InChI is InChI=1S/C14H9Cl2NO/c15-8-10-5-6-12(16)7-14(10)18-13-4-2-1-3-11(13)9-17/h1-7H,8H2. The molecule has 18 heavy (non-hydrogen) atoms. The average Bonchev–Trinajstić information content (AvgIpc) is 2.40. The van der Waals surface area contributed by atoms with Crippen molar-refractivity contribution in [2.24, 2.45) is 0 Å². The van der Waals surface area contributed by atoms with Gasteiger partial charge in [0, 0.05) is 10.6 Å². The van der Waals surface area contributed by atoms with E-state index in [-0.39, 0.29) is 0 Å². The Morgan fingerprint density at radius 2 is 1.89 bits per heavy atom. The molecule has 90 valence electrons. The van der Waals surface area contributed by atoms with Gasteiger partial charge in [-0.15, -0.1) is 11.6 Å². The van der Waals surface area contributed by atoms with Gasteiger partial charge >= 0.3 is 0 Å². The molecular weight excluding hydrogens is 269 g/mol. The lowest BCUT2D eigenvalue weighted by Crippen LogP contribution is -1.92. The minimum absolute atomic E-state index is 0.321. The molecule has 4 heteroatoms. The van der Waals surface area contributed by atoms with Gasteiger partial charge in [-0.2, -0.15) is 5.26 Å². The fourth-order valence-electron chi connectivity index (χ4n) is 1.50. The highest BCUT2D eigenvalue weighted by Gasteiger charge is 2.08. The maximum absolute atomic E-state index is 9.00. The highest BCUT2D eigenvalue weighted by molar-refractivity contribution is 6.30. The first kappa shape index (κ1) is 12.8. The maximum atomic E-state index is 9.00. The van der Waals surface area contributed by atoms with Crippen molar-refractivity contribution in [2.75, 3.05) is 0 Å². The molecular formula is C14H9Cl2NO. The van der Waals surface area contributed by atoms with Gasteiger partial charge in [0.05, 0.1) is 11.4 Å². The number of benzene rings is 2. The summed E-state index contributed by atoms with van der Waals surface area (Å²) >= 11 is 11.8. The van der Waals surface area contributed by atoms with E-state index in [0.29, 0.717) is 28.0 Å². The van der Waals surface area contributed by atoms with Gasteiger partial charge in [0.1, 0.15) is 17.6 Å². The zero-order valence-corrected chi connectivity index (χ0v) is 10.9. The minimum atomic E-state index is 0.321. The fraction of sp³-hybridized carbons (Fsp3) is 0.0714. The third kappa shape index (κ3) is 2.76. The first-order valence-electron chi connectivity index (χ1n) is 5.26. The molecule has 0 amide bonds. The SMILES string of the molecule is N#Cc1ccccc1Oc1cc(Cl)ccc1CCl. The predicted octanol–water partition coefficient (Wildman–Crippen LogP) is 4.74. The molecule has 0 aliphatic carbocycles. The van der Waals surface area contributed by atoms with Gasteiger partial charge in [-0.1, -0.05) is 29.8 Å². The number of hydrogen-bond donors (Lipinski definition) is 0. The highest BCUT2D eigenvalue weighted by Crippen LogP contribution is 2.31. The normalized spacial score (nSPS) is 9.83. The van der Waals surface area contributed by atoms with E-state index >= 15 is 0 Å². The summed E-state index contributed by atoms with van der Waals surface area (Å²) in [5.74, 6) is 1.38. The minimum Gasteiger partial charge on any atom is -0.456 e. The van der Waals surface area contributed by atoms with Gasteiger partial charge < -0.3 is 4.74 Å². The monoisotopic (exact) mass is 277 g/mol. The molecule has 0 fully saturated rings. The van der Waals surface area contributed by atoms with Crippen LogP contribution in [0.5, 0.6) is 11.5 Å². The molecule has 0 unspecified atom stereocenters. The molecule has 0 aliphatic rings. The molecule has 0 aromatic heterocycles. The Balaban J connectivity index is 2.40. The van der Waals surface area contributed by atoms with Crippen molar-refractivity contribution in [3.05, 3.63) is 58.6 Å². The van der Waals surface area contributed by atoms with Crippen molar-refractivity contribution in [2.45, 2.75) is 5.88 Å². The van der Waals surface area contributed by atoms with Crippen molar-refractivity contribution < 1.29 is 4.74 Å². The van der Waals surface area contributed by atoms with Crippen LogP contribution in [0.2, 0.25) is 5.02 Å². The summed E-state index contributed by atoms with van der Waals surface area (Å²) in [4.78, 5) is 0. The van der Waals surface area contributed by atoms with E-state index in [1.165, 1.54) is 0 Å². The van der Waals surface area contributed by atoms with E-state index in [1.54, 1.807) is 42.5 Å². The van der Waals surface area contributed by atoms with E-state index in [2.05, 4.69) is 6.07 Å². The van der Waals surface area contributed by atoms with Crippen LogP contribution in [0, 0.1) is 11.3 Å². The molecule has 0 N–H and O–H groups in total. The molecule has 2 aromatic rings. The van der Waals surface area contributed by atoms with Gasteiger partial charge in [0.25, 0.3) is 0 Å². The van der Waals surface area contributed by atoms with Crippen molar-refractivity contribution in [1.82, 2.24) is 0 Å². The molecule has 0 bridgehead atoms. The van der Waals surface area contributed by atoms with Gasteiger partial charge in [0.15, 0.2) is 0 Å². The molecule has 0 atom stereocenters. The van der Waals surface area contributed by atoms with Crippen molar-refractivity contribution in [3.63, 3.8) is 0 Å². The lowest BCUT2D eigenvalue weighted by atomic mass is 10.2. The first-order valence-corrected chi connectivity index (χ1v) is 6.17. The number of nitrogens with zero attached hydrogens (tertiary/aromatic N) is 1. The van der Waals surface area contributed by atoms with E-state index in [9.17, 15) is 0 Å². The fourth-order valence-corrected chi connectivity index (χ4v) is 1.88. The van der Waals surface area contributed by atoms with Crippen LogP contribution in [0.15, 0.2) is 42.5 Å².